The van der Waals surface area contributed by atoms with Gasteiger partial charge in [-0.15, -0.1) is 0 Å². The summed E-state index contributed by atoms with van der Waals surface area (Å²) in [6, 6.07) is 3.84. The summed E-state index contributed by atoms with van der Waals surface area (Å²) in [7, 11) is 0. The van der Waals surface area contributed by atoms with Crippen molar-refractivity contribution in [1.82, 2.24) is 9.47 Å². The molecule has 1 N–H and O–H groups in total. The predicted molar refractivity (Wildman–Crippen MR) is 94.8 cm³/mol. The number of nitriles is 1. The van der Waals surface area contributed by atoms with E-state index in [0.717, 1.165) is 32.2 Å². The van der Waals surface area contributed by atoms with Crippen LogP contribution in [-0.2, 0) is 15.1 Å². The number of carbonyl (C=O) groups is 2. The van der Waals surface area contributed by atoms with E-state index in [1.807, 2.05) is 30.2 Å². The molecule has 134 valence electrons. The molecular weight excluding hydrogens is 316 g/mol. The van der Waals surface area contributed by atoms with Crippen LogP contribution in [0.2, 0.25) is 0 Å². The van der Waals surface area contributed by atoms with E-state index >= 15 is 0 Å². The van der Waals surface area contributed by atoms with Crippen molar-refractivity contribution in [3.63, 3.8) is 0 Å². The minimum absolute atomic E-state index is 0.0682. The van der Waals surface area contributed by atoms with Crippen LogP contribution in [0, 0.1) is 23.2 Å². The van der Waals surface area contributed by atoms with Crippen LogP contribution in [0.15, 0.2) is 12.3 Å². The van der Waals surface area contributed by atoms with Crippen molar-refractivity contribution < 1.29 is 9.59 Å². The van der Waals surface area contributed by atoms with Gasteiger partial charge in [0.1, 0.15) is 11.9 Å². The molecule has 0 aromatic carbocycles. The average Bonchev–Trinajstić information content (AvgIpc) is 3.33. The summed E-state index contributed by atoms with van der Waals surface area (Å²) in [6.07, 6.45) is 5.39. The highest BCUT2D eigenvalue weighted by molar-refractivity contribution is 5.93. The molecule has 2 heterocycles. The number of anilines is 1. The average molecular weight is 342 g/mol. The Bertz CT molecular complexity index is 719. The van der Waals surface area contributed by atoms with Crippen LogP contribution >= 0.6 is 0 Å². The van der Waals surface area contributed by atoms with Gasteiger partial charge in [-0.25, -0.2) is 0 Å². The van der Waals surface area contributed by atoms with Gasteiger partial charge in [-0.2, -0.15) is 5.26 Å². The van der Waals surface area contributed by atoms with Gasteiger partial charge in [0, 0.05) is 30.7 Å². The minimum atomic E-state index is -0.238. The van der Waals surface area contributed by atoms with Crippen molar-refractivity contribution in [2.45, 2.75) is 52.0 Å². The molecule has 0 spiro atoms. The first-order valence-electron chi connectivity index (χ1n) is 9.02. The van der Waals surface area contributed by atoms with E-state index in [4.69, 9.17) is 5.26 Å². The quantitative estimate of drug-likeness (QED) is 0.917. The van der Waals surface area contributed by atoms with E-state index in [2.05, 4.69) is 11.4 Å². The molecule has 0 bridgehead atoms. The van der Waals surface area contributed by atoms with E-state index in [-0.39, 0.29) is 29.2 Å². The lowest BCUT2D eigenvalue weighted by atomic mass is 9.96. The Kier molecular flexibility index (Phi) is 4.59. The van der Waals surface area contributed by atoms with Crippen molar-refractivity contribution in [2.24, 2.45) is 11.8 Å². The molecule has 0 unspecified atom stereocenters. The molecular formula is C19H26N4O2. The first-order chi connectivity index (χ1) is 11.8. The summed E-state index contributed by atoms with van der Waals surface area (Å²) >= 11 is 0. The number of piperidine rings is 1. The minimum Gasteiger partial charge on any atom is -0.342 e. The van der Waals surface area contributed by atoms with Gasteiger partial charge < -0.3 is 14.8 Å². The largest absolute Gasteiger partial charge is 0.342 e. The first kappa shape index (κ1) is 17.5. The summed E-state index contributed by atoms with van der Waals surface area (Å²) in [6.45, 7) is 7.35. The van der Waals surface area contributed by atoms with Crippen molar-refractivity contribution in [2.75, 3.05) is 18.4 Å². The Balaban J connectivity index is 1.70. The molecule has 6 nitrogen and oxygen atoms in total. The van der Waals surface area contributed by atoms with Crippen molar-refractivity contribution >= 4 is 17.6 Å². The van der Waals surface area contributed by atoms with Crippen LogP contribution in [-0.4, -0.2) is 34.4 Å². The smallest absolute Gasteiger partial charge is 0.230 e. The normalized spacial score (nSPS) is 20.9. The van der Waals surface area contributed by atoms with E-state index in [9.17, 15) is 9.59 Å². The molecule has 2 fully saturated rings. The standard InChI is InChI=1S/C19H26N4O2/c1-19(2,3)23-11-13(10-20)9-16(23)21-17(24)15-5-4-8-22(12-15)18(25)14-6-7-14/h9,11,14-15H,4-8,12H2,1-3H3,(H,21,24)/t15-/m1/s1. The molecule has 2 aliphatic rings. The number of hydrogen-bond donors (Lipinski definition) is 1. The van der Waals surface area contributed by atoms with Crippen LogP contribution in [0.1, 0.15) is 52.0 Å². The number of rotatable bonds is 3. The number of hydrogen-bond acceptors (Lipinski definition) is 3. The van der Waals surface area contributed by atoms with Gasteiger partial charge in [0.05, 0.1) is 11.5 Å². The first-order valence-corrected chi connectivity index (χ1v) is 9.02. The van der Waals surface area contributed by atoms with Crippen LogP contribution in [0.25, 0.3) is 0 Å². The van der Waals surface area contributed by atoms with Crippen molar-refractivity contribution in [3.8, 4) is 6.07 Å². The maximum absolute atomic E-state index is 12.8. The second kappa shape index (κ2) is 6.55. The molecule has 1 aliphatic heterocycles. The van der Waals surface area contributed by atoms with Gasteiger partial charge in [0.2, 0.25) is 11.8 Å². The van der Waals surface area contributed by atoms with E-state index < -0.39 is 0 Å². The molecule has 1 aromatic heterocycles. The van der Waals surface area contributed by atoms with E-state index in [1.54, 1.807) is 12.3 Å². The van der Waals surface area contributed by atoms with Gasteiger partial charge in [-0.05, 0) is 52.5 Å². The molecule has 2 amide bonds. The number of aromatic nitrogens is 1. The summed E-state index contributed by atoms with van der Waals surface area (Å²) in [5.74, 6) is 0.784. The third-order valence-corrected chi connectivity index (χ3v) is 4.95. The fourth-order valence-corrected chi connectivity index (χ4v) is 3.38. The number of carbonyl (C=O) groups excluding carboxylic acids is 2. The highest BCUT2D eigenvalue weighted by atomic mass is 16.2. The molecule has 6 heteroatoms. The highest BCUT2D eigenvalue weighted by Gasteiger charge is 2.37. The molecule has 3 rings (SSSR count). The van der Waals surface area contributed by atoms with Crippen LogP contribution < -0.4 is 5.32 Å². The van der Waals surface area contributed by atoms with Gasteiger partial charge in [0.25, 0.3) is 0 Å². The maximum Gasteiger partial charge on any atom is 0.230 e. The number of likely N-dealkylation sites (tertiary alicyclic amines) is 1. The number of nitrogens with one attached hydrogen (secondary N) is 1. The molecule has 25 heavy (non-hydrogen) atoms. The van der Waals surface area contributed by atoms with E-state index in [1.165, 1.54) is 0 Å². The number of amides is 2. The zero-order chi connectivity index (χ0) is 18.2. The van der Waals surface area contributed by atoms with Crippen molar-refractivity contribution in [3.05, 3.63) is 17.8 Å². The molecule has 1 saturated heterocycles. The monoisotopic (exact) mass is 342 g/mol. The highest BCUT2D eigenvalue weighted by Crippen LogP contribution is 2.33. The lowest BCUT2D eigenvalue weighted by Gasteiger charge is -2.32. The molecule has 1 saturated carbocycles. The molecule has 1 atom stereocenters. The maximum atomic E-state index is 12.8. The topological polar surface area (TPSA) is 78.1 Å². The third-order valence-electron chi connectivity index (χ3n) is 4.95. The molecule has 0 radical (unpaired) electrons. The third kappa shape index (κ3) is 3.87. The Hall–Kier alpha value is -2.29. The van der Waals surface area contributed by atoms with Crippen molar-refractivity contribution in [1.29, 1.82) is 5.26 Å². The van der Waals surface area contributed by atoms with E-state index in [0.29, 0.717) is 17.9 Å². The lowest BCUT2D eigenvalue weighted by Crippen LogP contribution is -2.44. The second-order valence-corrected chi connectivity index (χ2v) is 8.15. The summed E-state index contributed by atoms with van der Waals surface area (Å²) in [5, 5.41) is 12.1. The number of nitrogens with zero attached hydrogens (tertiary/aromatic N) is 3. The Morgan fingerprint density at radius 3 is 2.56 bits per heavy atom. The van der Waals surface area contributed by atoms with Crippen LogP contribution in [0.4, 0.5) is 5.82 Å². The van der Waals surface area contributed by atoms with Gasteiger partial charge >= 0.3 is 0 Å². The van der Waals surface area contributed by atoms with Gasteiger partial charge in [-0.3, -0.25) is 9.59 Å². The van der Waals surface area contributed by atoms with Crippen LogP contribution in [0.5, 0.6) is 0 Å². The zero-order valence-corrected chi connectivity index (χ0v) is 15.2. The summed E-state index contributed by atoms with van der Waals surface area (Å²) in [5.41, 5.74) is 0.289. The lowest BCUT2D eigenvalue weighted by molar-refractivity contribution is -0.135. The van der Waals surface area contributed by atoms with Crippen LogP contribution in [0.3, 0.4) is 0 Å². The molecule has 1 aromatic rings. The predicted octanol–water partition coefficient (Wildman–Crippen LogP) is 2.70. The fraction of sp³-hybridized carbons (Fsp3) is 0.632. The SMILES string of the molecule is CC(C)(C)n1cc(C#N)cc1NC(=O)[C@@H]1CCCN(C(=O)C2CC2)C1. The Morgan fingerprint density at radius 2 is 1.96 bits per heavy atom. The zero-order valence-electron chi connectivity index (χ0n) is 15.2. The summed E-state index contributed by atoms with van der Waals surface area (Å²) in [4.78, 5) is 26.9. The Labute approximate surface area is 148 Å². The Morgan fingerprint density at radius 1 is 1.24 bits per heavy atom. The second-order valence-electron chi connectivity index (χ2n) is 8.15. The summed E-state index contributed by atoms with van der Waals surface area (Å²) < 4.78 is 1.92. The fourth-order valence-electron chi connectivity index (χ4n) is 3.38. The van der Waals surface area contributed by atoms with Gasteiger partial charge in [0.15, 0.2) is 0 Å². The molecule has 1 aliphatic carbocycles. The van der Waals surface area contributed by atoms with Gasteiger partial charge in [-0.1, -0.05) is 0 Å².